The molecule has 0 aromatic heterocycles. The standard InChI is InChI=1S/C13H26N2O2/c1-16-9-12-3-6-15(7-4-12)13(10-14)5-2-8-17-11-13/h12H,2-11,14H2,1H3. The number of piperidine rings is 1. The Hall–Kier alpha value is -0.160. The van der Waals surface area contributed by atoms with Crippen LogP contribution in [-0.2, 0) is 9.47 Å². The molecule has 1 unspecified atom stereocenters. The van der Waals surface area contributed by atoms with Crippen LogP contribution in [0.1, 0.15) is 25.7 Å². The highest BCUT2D eigenvalue weighted by Gasteiger charge is 2.39. The van der Waals surface area contributed by atoms with Crippen LogP contribution in [0.25, 0.3) is 0 Å². The van der Waals surface area contributed by atoms with Gasteiger partial charge in [0.15, 0.2) is 0 Å². The molecule has 0 radical (unpaired) electrons. The second kappa shape index (κ2) is 6.14. The molecule has 0 aliphatic carbocycles. The number of methoxy groups -OCH3 is 1. The summed E-state index contributed by atoms with van der Waals surface area (Å²) in [6.45, 7) is 5.64. The lowest BCUT2D eigenvalue weighted by Gasteiger charge is -2.48. The van der Waals surface area contributed by atoms with Crippen LogP contribution in [0.5, 0.6) is 0 Å². The van der Waals surface area contributed by atoms with Gasteiger partial charge in [-0.2, -0.15) is 0 Å². The number of hydrogen-bond acceptors (Lipinski definition) is 4. The molecule has 0 saturated carbocycles. The molecule has 100 valence electrons. The monoisotopic (exact) mass is 242 g/mol. The number of nitrogens with zero attached hydrogens (tertiary/aromatic N) is 1. The van der Waals surface area contributed by atoms with Gasteiger partial charge in [-0.3, -0.25) is 4.90 Å². The van der Waals surface area contributed by atoms with Gasteiger partial charge in [0.1, 0.15) is 0 Å². The maximum Gasteiger partial charge on any atom is 0.0662 e. The summed E-state index contributed by atoms with van der Waals surface area (Å²) < 4.78 is 10.9. The average molecular weight is 242 g/mol. The van der Waals surface area contributed by atoms with E-state index in [1.165, 1.54) is 19.3 Å². The van der Waals surface area contributed by atoms with Crippen molar-refractivity contribution in [3.63, 3.8) is 0 Å². The highest BCUT2D eigenvalue weighted by atomic mass is 16.5. The lowest BCUT2D eigenvalue weighted by Crippen LogP contribution is -2.60. The van der Waals surface area contributed by atoms with E-state index >= 15 is 0 Å². The van der Waals surface area contributed by atoms with Gasteiger partial charge in [0.2, 0.25) is 0 Å². The van der Waals surface area contributed by atoms with Gasteiger partial charge in [-0.25, -0.2) is 0 Å². The van der Waals surface area contributed by atoms with Crippen molar-refractivity contribution in [3.8, 4) is 0 Å². The van der Waals surface area contributed by atoms with Crippen molar-refractivity contribution < 1.29 is 9.47 Å². The molecule has 0 aromatic carbocycles. The molecular formula is C13H26N2O2. The van der Waals surface area contributed by atoms with Gasteiger partial charge < -0.3 is 15.2 Å². The molecule has 2 aliphatic rings. The van der Waals surface area contributed by atoms with Crippen molar-refractivity contribution in [1.29, 1.82) is 0 Å². The molecule has 2 rings (SSSR count). The van der Waals surface area contributed by atoms with E-state index in [4.69, 9.17) is 15.2 Å². The van der Waals surface area contributed by atoms with Crippen molar-refractivity contribution in [2.45, 2.75) is 31.2 Å². The van der Waals surface area contributed by atoms with E-state index in [1.54, 1.807) is 7.11 Å². The molecule has 2 N–H and O–H groups in total. The van der Waals surface area contributed by atoms with Gasteiger partial charge >= 0.3 is 0 Å². The van der Waals surface area contributed by atoms with E-state index in [1.807, 2.05) is 0 Å². The first-order valence-electron chi connectivity index (χ1n) is 6.82. The maximum atomic E-state index is 6.02. The third-order valence-corrected chi connectivity index (χ3v) is 4.37. The molecular weight excluding hydrogens is 216 g/mol. The average Bonchev–Trinajstić information content (AvgIpc) is 2.41. The SMILES string of the molecule is COCC1CCN(C2(CN)CCCOC2)CC1. The van der Waals surface area contributed by atoms with Gasteiger partial charge in [0.25, 0.3) is 0 Å². The minimum absolute atomic E-state index is 0.121. The second-order valence-electron chi connectivity index (χ2n) is 5.47. The highest BCUT2D eigenvalue weighted by molar-refractivity contribution is 4.95. The maximum absolute atomic E-state index is 6.02. The molecule has 4 nitrogen and oxygen atoms in total. The summed E-state index contributed by atoms with van der Waals surface area (Å²) >= 11 is 0. The van der Waals surface area contributed by atoms with E-state index in [-0.39, 0.29) is 5.54 Å². The highest BCUT2D eigenvalue weighted by Crippen LogP contribution is 2.30. The van der Waals surface area contributed by atoms with Crippen molar-refractivity contribution >= 4 is 0 Å². The Bertz CT molecular complexity index is 221. The Kier molecular flexibility index (Phi) is 4.79. The van der Waals surface area contributed by atoms with Crippen molar-refractivity contribution in [1.82, 2.24) is 4.90 Å². The first-order valence-corrected chi connectivity index (χ1v) is 6.82. The van der Waals surface area contributed by atoms with E-state index in [0.29, 0.717) is 0 Å². The fraction of sp³-hybridized carbons (Fsp3) is 1.00. The lowest BCUT2D eigenvalue weighted by molar-refractivity contribution is -0.0601. The number of likely N-dealkylation sites (tertiary alicyclic amines) is 1. The first-order chi connectivity index (χ1) is 8.30. The lowest BCUT2D eigenvalue weighted by atomic mass is 9.86. The van der Waals surface area contributed by atoms with E-state index in [9.17, 15) is 0 Å². The minimum Gasteiger partial charge on any atom is -0.384 e. The molecule has 0 aromatic rings. The van der Waals surface area contributed by atoms with Crippen molar-refractivity contribution in [2.75, 3.05) is 46.6 Å². The topological polar surface area (TPSA) is 47.7 Å². The Labute approximate surface area is 104 Å². The summed E-state index contributed by atoms with van der Waals surface area (Å²) in [5.74, 6) is 0.732. The number of hydrogen-bond donors (Lipinski definition) is 1. The molecule has 1 atom stereocenters. The van der Waals surface area contributed by atoms with Crippen LogP contribution in [-0.4, -0.2) is 57.0 Å². The van der Waals surface area contributed by atoms with Crippen LogP contribution in [0.3, 0.4) is 0 Å². The number of rotatable bonds is 4. The summed E-state index contributed by atoms with van der Waals surface area (Å²) in [5.41, 5.74) is 6.14. The molecule has 4 heteroatoms. The molecule has 2 saturated heterocycles. The molecule has 17 heavy (non-hydrogen) atoms. The molecule has 0 spiro atoms. The Balaban J connectivity index is 1.89. The van der Waals surface area contributed by atoms with Crippen LogP contribution in [0.2, 0.25) is 0 Å². The van der Waals surface area contributed by atoms with Crippen LogP contribution < -0.4 is 5.73 Å². The fourth-order valence-electron chi connectivity index (χ4n) is 3.19. The zero-order valence-electron chi connectivity index (χ0n) is 11.0. The molecule has 0 amide bonds. The van der Waals surface area contributed by atoms with E-state index in [0.717, 1.165) is 51.8 Å². The normalized spacial score (nSPS) is 32.8. The first kappa shape index (κ1) is 13.3. The van der Waals surface area contributed by atoms with Gasteiger partial charge in [0, 0.05) is 26.9 Å². The number of ether oxygens (including phenoxy) is 2. The molecule has 2 aliphatic heterocycles. The zero-order chi connectivity index (χ0) is 12.1. The summed E-state index contributed by atoms with van der Waals surface area (Å²) in [6.07, 6.45) is 4.80. The van der Waals surface area contributed by atoms with Crippen LogP contribution in [0.4, 0.5) is 0 Å². The van der Waals surface area contributed by atoms with Gasteiger partial charge in [-0.15, -0.1) is 0 Å². The predicted octanol–water partition coefficient (Wildman–Crippen LogP) is 0.853. The van der Waals surface area contributed by atoms with Crippen molar-refractivity contribution in [3.05, 3.63) is 0 Å². The molecule has 2 heterocycles. The third kappa shape index (κ3) is 2.99. The molecule has 0 bridgehead atoms. The van der Waals surface area contributed by atoms with Crippen LogP contribution in [0.15, 0.2) is 0 Å². The van der Waals surface area contributed by atoms with Gasteiger partial charge in [-0.05, 0) is 44.7 Å². The van der Waals surface area contributed by atoms with E-state index < -0.39 is 0 Å². The quantitative estimate of drug-likeness (QED) is 0.794. The third-order valence-electron chi connectivity index (χ3n) is 4.37. The Morgan fingerprint density at radius 1 is 1.41 bits per heavy atom. The summed E-state index contributed by atoms with van der Waals surface area (Å²) in [7, 11) is 1.79. The predicted molar refractivity (Wildman–Crippen MR) is 68.0 cm³/mol. The second-order valence-corrected chi connectivity index (χ2v) is 5.47. The summed E-state index contributed by atoms with van der Waals surface area (Å²) in [5, 5.41) is 0. The zero-order valence-corrected chi connectivity index (χ0v) is 11.0. The largest absolute Gasteiger partial charge is 0.384 e. The number of nitrogens with two attached hydrogens (primary N) is 1. The smallest absolute Gasteiger partial charge is 0.0662 e. The summed E-state index contributed by atoms with van der Waals surface area (Å²) in [6, 6.07) is 0. The van der Waals surface area contributed by atoms with Gasteiger partial charge in [0.05, 0.1) is 12.1 Å². The fourth-order valence-corrected chi connectivity index (χ4v) is 3.19. The van der Waals surface area contributed by atoms with Gasteiger partial charge in [-0.1, -0.05) is 0 Å². The van der Waals surface area contributed by atoms with Crippen LogP contribution in [0, 0.1) is 5.92 Å². The van der Waals surface area contributed by atoms with Crippen molar-refractivity contribution in [2.24, 2.45) is 11.7 Å². The Morgan fingerprint density at radius 3 is 2.71 bits per heavy atom. The van der Waals surface area contributed by atoms with Crippen LogP contribution >= 0.6 is 0 Å². The molecule has 2 fully saturated rings. The van der Waals surface area contributed by atoms with E-state index in [2.05, 4.69) is 4.90 Å². The minimum atomic E-state index is 0.121. The summed E-state index contributed by atoms with van der Waals surface area (Å²) in [4.78, 5) is 2.57. The Morgan fingerprint density at radius 2 is 2.18 bits per heavy atom.